The number of carbonyl (C=O) groups is 1. The molecular formula is C11H10N2O3. The maximum absolute atomic E-state index is 10.0. The van der Waals surface area contributed by atoms with Crippen molar-refractivity contribution < 1.29 is 14.3 Å². The number of benzene rings is 1. The minimum absolute atomic E-state index is 0.125. The van der Waals surface area contributed by atoms with Crippen molar-refractivity contribution in [2.24, 2.45) is 4.99 Å². The van der Waals surface area contributed by atoms with Crippen LogP contribution in [-0.2, 0) is 11.4 Å². The summed E-state index contributed by atoms with van der Waals surface area (Å²) in [6, 6.07) is 7.08. The highest BCUT2D eigenvalue weighted by molar-refractivity contribution is 5.82. The summed E-state index contributed by atoms with van der Waals surface area (Å²) < 4.78 is 5.32. The molecule has 0 bridgehead atoms. The lowest BCUT2D eigenvalue weighted by Gasteiger charge is -1.92. The van der Waals surface area contributed by atoms with E-state index in [0.717, 1.165) is 5.39 Å². The number of amides is 1. The molecular weight excluding hydrogens is 208 g/mol. The predicted molar refractivity (Wildman–Crippen MR) is 59.5 cm³/mol. The van der Waals surface area contributed by atoms with E-state index in [1.165, 1.54) is 6.34 Å². The van der Waals surface area contributed by atoms with Crippen LogP contribution in [0.5, 0.6) is 0 Å². The van der Waals surface area contributed by atoms with Crippen LogP contribution in [0.2, 0.25) is 0 Å². The molecule has 5 heteroatoms. The van der Waals surface area contributed by atoms with Crippen LogP contribution in [0.3, 0.4) is 0 Å². The summed E-state index contributed by atoms with van der Waals surface area (Å²) in [4.78, 5) is 14.0. The highest BCUT2D eigenvalue weighted by atomic mass is 16.4. The van der Waals surface area contributed by atoms with Crippen LogP contribution in [0.25, 0.3) is 11.0 Å². The summed E-state index contributed by atoms with van der Waals surface area (Å²) in [5.74, 6) is 0.516. The zero-order valence-electron chi connectivity index (χ0n) is 8.38. The normalized spacial score (nSPS) is 11.1. The van der Waals surface area contributed by atoms with Crippen molar-refractivity contribution in [2.45, 2.75) is 6.61 Å². The van der Waals surface area contributed by atoms with E-state index in [0.29, 0.717) is 23.4 Å². The van der Waals surface area contributed by atoms with Crippen molar-refractivity contribution in [2.75, 3.05) is 0 Å². The Bertz CT molecular complexity index is 531. The van der Waals surface area contributed by atoms with Gasteiger partial charge >= 0.3 is 0 Å². The van der Waals surface area contributed by atoms with Gasteiger partial charge in [0.2, 0.25) is 6.41 Å². The van der Waals surface area contributed by atoms with Gasteiger partial charge in [-0.15, -0.1) is 0 Å². The zero-order chi connectivity index (χ0) is 11.4. The molecule has 2 N–H and O–H groups in total. The molecule has 1 amide bonds. The second kappa shape index (κ2) is 4.59. The van der Waals surface area contributed by atoms with E-state index in [1.54, 1.807) is 24.3 Å². The highest BCUT2D eigenvalue weighted by Gasteiger charge is 2.02. The van der Waals surface area contributed by atoms with Gasteiger partial charge < -0.3 is 14.8 Å². The fourth-order valence-corrected chi connectivity index (χ4v) is 1.39. The maximum atomic E-state index is 10.0. The minimum Gasteiger partial charge on any atom is -0.459 e. The van der Waals surface area contributed by atoms with Gasteiger partial charge in [-0.2, -0.15) is 0 Å². The first kappa shape index (κ1) is 10.4. The molecule has 0 atom stereocenters. The maximum Gasteiger partial charge on any atom is 0.212 e. The third kappa shape index (κ3) is 2.09. The van der Waals surface area contributed by atoms with Crippen LogP contribution in [0.4, 0.5) is 5.69 Å². The molecule has 0 aliphatic heterocycles. The van der Waals surface area contributed by atoms with Gasteiger partial charge in [-0.3, -0.25) is 4.79 Å². The van der Waals surface area contributed by atoms with E-state index in [-0.39, 0.29) is 6.61 Å². The number of aliphatic hydroxyl groups is 1. The van der Waals surface area contributed by atoms with E-state index in [2.05, 4.69) is 10.3 Å². The summed E-state index contributed by atoms with van der Waals surface area (Å²) in [5.41, 5.74) is 1.40. The quantitative estimate of drug-likeness (QED) is 0.462. The lowest BCUT2D eigenvalue weighted by Crippen LogP contribution is -2.05. The van der Waals surface area contributed by atoms with Crippen LogP contribution in [-0.4, -0.2) is 17.9 Å². The van der Waals surface area contributed by atoms with Crippen molar-refractivity contribution in [3.8, 4) is 0 Å². The molecule has 1 aromatic carbocycles. The number of rotatable bonds is 4. The van der Waals surface area contributed by atoms with E-state index >= 15 is 0 Å². The summed E-state index contributed by atoms with van der Waals surface area (Å²) in [6.07, 6.45) is 1.85. The van der Waals surface area contributed by atoms with Crippen molar-refractivity contribution >= 4 is 29.4 Å². The molecule has 2 rings (SSSR count). The van der Waals surface area contributed by atoms with Crippen molar-refractivity contribution in [3.63, 3.8) is 0 Å². The van der Waals surface area contributed by atoms with Gasteiger partial charge in [0.1, 0.15) is 18.0 Å². The largest absolute Gasteiger partial charge is 0.459 e. The van der Waals surface area contributed by atoms with Crippen LogP contribution in [0.15, 0.2) is 33.7 Å². The van der Waals surface area contributed by atoms with Crippen LogP contribution < -0.4 is 5.32 Å². The molecule has 0 spiro atoms. The third-order valence-electron chi connectivity index (χ3n) is 2.06. The number of nitrogens with zero attached hydrogens (tertiary/aromatic N) is 1. The fourth-order valence-electron chi connectivity index (χ4n) is 1.39. The van der Waals surface area contributed by atoms with E-state index in [4.69, 9.17) is 9.52 Å². The molecule has 0 aliphatic rings. The standard InChI is InChI=1S/C11H10N2O3/c14-5-10-4-8-3-9(13-6-12-7-15)1-2-11(8)16-10/h1-4,6-7,14H,5H2,(H,12,13,15). The number of aliphatic hydroxyl groups excluding tert-OH is 1. The molecule has 82 valence electrons. The number of hydrogen-bond donors (Lipinski definition) is 2. The van der Waals surface area contributed by atoms with Crippen molar-refractivity contribution in [1.82, 2.24) is 5.32 Å². The smallest absolute Gasteiger partial charge is 0.212 e. The van der Waals surface area contributed by atoms with E-state index < -0.39 is 0 Å². The topological polar surface area (TPSA) is 74.8 Å². The Balaban J connectivity index is 2.31. The molecule has 0 fully saturated rings. The first-order chi connectivity index (χ1) is 7.83. The molecule has 1 heterocycles. The molecule has 5 nitrogen and oxygen atoms in total. The lowest BCUT2D eigenvalue weighted by molar-refractivity contribution is -0.108. The first-order valence-electron chi connectivity index (χ1n) is 4.69. The van der Waals surface area contributed by atoms with E-state index in [1.807, 2.05) is 0 Å². The number of furan rings is 1. The average Bonchev–Trinajstić information content (AvgIpc) is 2.71. The second-order valence-corrected chi connectivity index (χ2v) is 3.14. The van der Waals surface area contributed by atoms with Crippen LogP contribution >= 0.6 is 0 Å². The van der Waals surface area contributed by atoms with Gasteiger partial charge in [0.25, 0.3) is 0 Å². The summed E-state index contributed by atoms with van der Waals surface area (Å²) in [6.45, 7) is -0.125. The SMILES string of the molecule is O=CNC=Nc1ccc2oc(CO)cc2c1. The fraction of sp³-hybridized carbons (Fsp3) is 0.0909. The lowest BCUT2D eigenvalue weighted by atomic mass is 10.2. The number of nitrogens with one attached hydrogen (secondary N) is 1. The Labute approximate surface area is 91.4 Å². The number of hydrogen-bond acceptors (Lipinski definition) is 4. The van der Waals surface area contributed by atoms with Crippen LogP contribution in [0.1, 0.15) is 5.76 Å². The Kier molecular flexibility index (Phi) is 2.98. The van der Waals surface area contributed by atoms with Crippen LogP contribution in [0, 0.1) is 0 Å². The van der Waals surface area contributed by atoms with Crippen molar-refractivity contribution in [3.05, 3.63) is 30.0 Å². The molecule has 0 unspecified atom stereocenters. The number of carbonyl (C=O) groups excluding carboxylic acids is 1. The molecule has 2 aromatic rings. The average molecular weight is 218 g/mol. The molecule has 1 aromatic heterocycles. The van der Waals surface area contributed by atoms with Gasteiger partial charge in [-0.25, -0.2) is 4.99 Å². The molecule has 0 saturated heterocycles. The second-order valence-electron chi connectivity index (χ2n) is 3.14. The third-order valence-corrected chi connectivity index (χ3v) is 2.06. The monoisotopic (exact) mass is 218 g/mol. The first-order valence-corrected chi connectivity index (χ1v) is 4.69. The Morgan fingerprint density at radius 2 is 2.31 bits per heavy atom. The predicted octanol–water partition coefficient (Wildman–Crippen LogP) is 1.33. The van der Waals surface area contributed by atoms with Crippen molar-refractivity contribution in [1.29, 1.82) is 0 Å². The highest BCUT2D eigenvalue weighted by Crippen LogP contribution is 2.24. The zero-order valence-corrected chi connectivity index (χ0v) is 8.38. The summed E-state index contributed by atoms with van der Waals surface area (Å²) in [5, 5.41) is 12.1. The summed E-state index contributed by atoms with van der Waals surface area (Å²) >= 11 is 0. The van der Waals surface area contributed by atoms with Gasteiger partial charge in [-0.1, -0.05) is 0 Å². The summed E-state index contributed by atoms with van der Waals surface area (Å²) in [7, 11) is 0. The molecule has 0 saturated carbocycles. The van der Waals surface area contributed by atoms with Gasteiger partial charge in [-0.05, 0) is 24.3 Å². The van der Waals surface area contributed by atoms with Gasteiger partial charge in [0.15, 0.2) is 0 Å². The molecule has 16 heavy (non-hydrogen) atoms. The van der Waals surface area contributed by atoms with E-state index in [9.17, 15) is 4.79 Å². The Hall–Kier alpha value is -2.14. The molecule has 0 radical (unpaired) electrons. The number of aliphatic imine (C=N–C) groups is 1. The Morgan fingerprint density at radius 3 is 3.06 bits per heavy atom. The molecule has 0 aliphatic carbocycles. The Morgan fingerprint density at radius 1 is 1.44 bits per heavy atom. The van der Waals surface area contributed by atoms with Gasteiger partial charge in [0, 0.05) is 5.39 Å². The minimum atomic E-state index is -0.125. The number of fused-ring (bicyclic) bond motifs is 1. The van der Waals surface area contributed by atoms with Gasteiger partial charge in [0.05, 0.1) is 12.0 Å².